The Balaban J connectivity index is 2.51. The van der Waals surface area contributed by atoms with Gasteiger partial charge in [0.15, 0.2) is 0 Å². The number of nitrogens with zero attached hydrogens (tertiary/aromatic N) is 1. The van der Waals surface area contributed by atoms with E-state index in [2.05, 4.69) is 5.32 Å². The maximum absolute atomic E-state index is 11.6. The molecule has 0 spiro atoms. The molecule has 0 bridgehead atoms. The summed E-state index contributed by atoms with van der Waals surface area (Å²) in [7, 11) is 1.61. The Kier molecular flexibility index (Phi) is 6.00. The summed E-state index contributed by atoms with van der Waals surface area (Å²) in [5, 5.41) is 13.5. The zero-order valence-electron chi connectivity index (χ0n) is 9.60. The van der Waals surface area contributed by atoms with E-state index in [0.717, 1.165) is 11.3 Å². The van der Waals surface area contributed by atoms with Crippen LogP contribution < -0.4 is 5.32 Å². The monoisotopic (exact) mass is 250 g/mol. The summed E-state index contributed by atoms with van der Waals surface area (Å²) in [6.45, 7) is 1.10. The van der Waals surface area contributed by atoms with Gasteiger partial charge in [-0.05, 0) is 23.9 Å². The number of hydrogen-bond acceptors (Lipinski definition) is 4. The minimum atomic E-state index is -0.336. The van der Waals surface area contributed by atoms with Gasteiger partial charge in [-0.1, -0.05) is 6.07 Å². The lowest BCUT2D eigenvalue weighted by Crippen LogP contribution is -2.26. The molecule has 0 atom stereocenters. The van der Waals surface area contributed by atoms with Gasteiger partial charge < -0.3 is 10.1 Å². The molecule has 0 radical (unpaired) electrons. The molecule has 1 heterocycles. The lowest BCUT2D eigenvalue weighted by atomic mass is 10.2. The summed E-state index contributed by atoms with van der Waals surface area (Å²) in [6.07, 6.45) is 2.33. The van der Waals surface area contributed by atoms with Gasteiger partial charge in [0, 0.05) is 25.1 Å². The van der Waals surface area contributed by atoms with Gasteiger partial charge in [-0.2, -0.15) is 5.26 Å². The second-order valence-corrected chi connectivity index (χ2v) is 4.27. The van der Waals surface area contributed by atoms with Gasteiger partial charge in [0.2, 0.25) is 0 Å². The number of nitriles is 1. The second-order valence-electron chi connectivity index (χ2n) is 3.29. The molecule has 1 aromatic rings. The van der Waals surface area contributed by atoms with Gasteiger partial charge >= 0.3 is 0 Å². The molecule has 0 aliphatic carbocycles. The first-order valence-electron chi connectivity index (χ1n) is 5.20. The molecule has 1 amide bonds. The highest BCUT2D eigenvalue weighted by Gasteiger charge is 2.08. The van der Waals surface area contributed by atoms with Crippen LogP contribution in [0.4, 0.5) is 0 Å². The first-order valence-corrected chi connectivity index (χ1v) is 6.08. The zero-order chi connectivity index (χ0) is 12.5. The minimum absolute atomic E-state index is 0.130. The van der Waals surface area contributed by atoms with E-state index in [-0.39, 0.29) is 11.5 Å². The number of rotatable bonds is 6. The highest BCUT2D eigenvalue weighted by molar-refractivity contribution is 7.10. The topological polar surface area (TPSA) is 62.1 Å². The van der Waals surface area contributed by atoms with Gasteiger partial charge in [-0.25, -0.2) is 0 Å². The largest absolute Gasteiger partial charge is 0.385 e. The van der Waals surface area contributed by atoms with Crippen LogP contribution in [0.3, 0.4) is 0 Å². The SMILES string of the molecule is COCCCNC(=O)/C(C#N)=C/c1cccs1. The van der Waals surface area contributed by atoms with Crippen LogP contribution in [0.25, 0.3) is 6.08 Å². The van der Waals surface area contributed by atoms with Crippen molar-refractivity contribution in [3.8, 4) is 6.07 Å². The van der Waals surface area contributed by atoms with E-state index in [1.165, 1.54) is 11.3 Å². The maximum atomic E-state index is 11.6. The molecule has 90 valence electrons. The fraction of sp³-hybridized carbons (Fsp3) is 0.333. The van der Waals surface area contributed by atoms with Crippen molar-refractivity contribution in [1.29, 1.82) is 5.26 Å². The van der Waals surface area contributed by atoms with Gasteiger partial charge in [-0.15, -0.1) is 11.3 Å². The van der Waals surface area contributed by atoms with Crippen LogP contribution in [-0.2, 0) is 9.53 Å². The molecular formula is C12H14N2O2S. The van der Waals surface area contributed by atoms with Crippen LogP contribution in [0.15, 0.2) is 23.1 Å². The normalized spacial score (nSPS) is 10.9. The van der Waals surface area contributed by atoms with Gasteiger partial charge in [0.1, 0.15) is 11.6 Å². The molecular weight excluding hydrogens is 236 g/mol. The molecule has 5 heteroatoms. The predicted molar refractivity (Wildman–Crippen MR) is 67.4 cm³/mol. The molecule has 0 aliphatic heterocycles. The van der Waals surface area contributed by atoms with Gasteiger partial charge in [0.25, 0.3) is 5.91 Å². The smallest absolute Gasteiger partial charge is 0.261 e. The lowest BCUT2D eigenvalue weighted by Gasteiger charge is -2.03. The maximum Gasteiger partial charge on any atom is 0.261 e. The average Bonchev–Trinajstić information content (AvgIpc) is 2.84. The van der Waals surface area contributed by atoms with Crippen molar-refractivity contribution < 1.29 is 9.53 Å². The Hall–Kier alpha value is -1.64. The number of nitrogens with one attached hydrogen (secondary N) is 1. The van der Waals surface area contributed by atoms with Crippen molar-refractivity contribution in [2.75, 3.05) is 20.3 Å². The second kappa shape index (κ2) is 7.60. The van der Waals surface area contributed by atoms with Crippen LogP contribution in [0.1, 0.15) is 11.3 Å². The third-order valence-electron chi connectivity index (χ3n) is 2.01. The van der Waals surface area contributed by atoms with E-state index < -0.39 is 0 Å². The molecule has 17 heavy (non-hydrogen) atoms. The number of carbonyl (C=O) groups excluding carboxylic acids is 1. The summed E-state index contributed by atoms with van der Waals surface area (Å²) in [6, 6.07) is 5.64. The zero-order valence-corrected chi connectivity index (χ0v) is 10.4. The Labute approximate surface area is 105 Å². The third-order valence-corrected chi connectivity index (χ3v) is 2.82. The average molecular weight is 250 g/mol. The summed E-state index contributed by atoms with van der Waals surface area (Å²) < 4.78 is 4.87. The van der Waals surface area contributed by atoms with E-state index in [9.17, 15) is 4.79 Å². The standard InChI is InChI=1S/C12H14N2O2S/c1-16-6-3-5-14-12(15)10(9-13)8-11-4-2-7-17-11/h2,4,7-8H,3,5-6H2,1H3,(H,14,15)/b10-8+. The molecule has 1 N–H and O–H groups in total. The number of methoxy groups -OCH3 is 1. The summed E-state index contributed by atoms with van der Waals surface area (Å²) in [5.41, 5.74) is 0.130. The van der Waals surface area contributed by atoms with E-state index >= 15 is 0 Å². The van der Waals surface area contributed by atoms with E-state index in [0.29, 0.717) is 13.2 Å². The molecule has 0 unspecified atom stereocenters. The lowest BCUT2D eigenvalue weighted by molar-refractivity contribution is -0.117. The molecule has 0 saturated carbocycles. The number of thiophene rings is 1. The van der Waals surface area contributed by atoms with Crippen molar-refractivity contribution in [2.24, 2.45) is 0 Å². The first kappa shape index (κ1) is 13.4. The molecule has 4 nitrogen and oxygen atoms in total. The fourth-order valence-electron chi connectivity index (χ4n) is 1.18. The Bertz CT molecular complexity index is 418. The first-order chi connectivity index (χ1) is 8.27. The van der Waals surface area contributed by atoms with Crippen molar-refractivity contribution in [1.82, 2.24) is 5.32 Å². The van der Waals surface area contributed by atoms with Crippen LogP contribution in [0.5, 0.6) is 0 Å². The molecule has 0 aromatic carbocycles. The number of carbonyl (C=O) groups is 1. The Morgan fingerprint density at radius 3 is 3.12 bits per heavy atom. The van der Waals surface area contributed by atoms with Gasteiger partial charge in [0.05, 0.1) is 0 Å². The highest BCUT2D eigenvalue weighted by Crippen LogP contribution is 2.13. The van der Waals surface area contributed by atoms with Crippen LogP contribution in [-0.4, -0.2) is 26.2 Å². The van der Waals surface area contributed by atoms with E-state index in [1.807, 2.05) is 23.6 Å². The number of amides is 1. The van der Waals surface area contributed by atoms with Crippen molar-refractivity contribution in [3.63, 3.8) is 0 Å². The molecule has 0 fully saturated rings. The fourth-order valence-corrected chi connectivity index (χ4v) is 1.84. The number of hydrogen-bond donors (Lipinski definition) is 1. The quantitative estimate of drug-likeness (QED) is 0.476. The third kappa shape index (κ3) is 4.81. The molecule has 1 aromatic heterocycles. The molecule has 0 saturated heterocycles. The Morgan fingerprint density at radius 2 is 2.53 bits per heavy atom. The van der Waals surface area contributed by atoms with Crippen LogP contribution >= 0.6 is 11.3 Å². The summed E-state index contributed by atoms with van der Waals surface area (Å²) >= 11 is 1.49. The molecule has 0 aliphatic rings. The van der Waals surface area contributed by atoms with Crippen molar-refractivity contribution >= 4 is 23.3 Å². The van der Waals surface area contributed by atoms with Crippen LogP contribution in [0.2, 0.25) is 0 Å². The van der Waals surface area contributed by atoms with Crippen molar-refractivity contribution in [3.05, 3.63) is 28.0 Å². The van der Waals surface area contributed by atoms with E-state index in [1.54, 1.807) is 13.2 Å². The highest BCUT2D eigenvalue weighted by atomic mass is 32.1. The van der Waals surface area contributed by atoms with E-state index in [4.69, 9.17) is 10.00 Å². The summed E-state index contributed by atoms with van der Waals surface area (Å²) in [5.74, 6) is -0.336. The summed E-state index contributed by atoms with van der Waals surface area (Å²) in [4.78, 5) is 12.5. The van der Waals surface area contributed by atoms with Gasteiger partial charge in [-0.3, -0.25) is 4.79 Å². The number of ether oxygens (including phenoxy) is 1. The Morgan fingerprint density at radius 1 is 1.71 bits per heavy atom. The molecule has 1 rings (SSSR count). The van der Waals surface area contributed by atoms with Crippen LogP contribution in [0, 0.1) is 11.3 Å². The predicted octanol–water partition coefficient (Wildman–Crippen LogP) is 1.81. The van der Waals surface area contributed by atoms with Crippen molar-refractivity contribution in [2.45, 2.75) is 6.42 Å². The minimum Gasteiger partial charge on any atom is -0.385 e.